The molecule has 0 saturated heterocycles. The maximum absolute atomic E-state index is 10.9. The molecule has 7 heteroatoms. The van der Waals surface area contributed by atoms with E-state index < -0.39 is 22.0 Å². The van der Waals surface area contributed by atoms with Crippen molar-refractivity contribution in [1.82, 2.24) is 4.90 Å². The summed E-state index contributed by atoms with van der Waals surface area (Å²) in [5, 5.41) is 18.4. The van der Waals surface area contributed by atoms with Crippen LogP contribution in [0.2, 0.25) is 0 Å². The molecule has 0 heterocycles. The van der Waals surface area contributed by atoms with E-state index in [0.717, 1.165) is 4.90 Å². The summed E-state index contributed by atoms with van der Waals surface area (Å²) in [5.74, 6) is 0. The highest BCUT2D eigenvalue weighted by molar-refractivity contribution is 6.67. The fourth-order valence-electron chi connectivity index (χ4n) is 1.43. The van der Waals surface area contributed by atoms with Gasteiger partial charge in [-0.05, 0) is 6.42 Å². The van der Waals surface area contributed by atoms with E-state index in [4.69, 9.17) is 39.9 Å². The molecule has 1 rings (SSSR count). The van der Waals surface area contributed by atoms with E-state index in [9.17, 15) is 9.90 Å². The van der Waals surface area contributed by atoms with E-state index >= 15 is 0 Å². The average Bonchev–Trinajstić information content (AvgIpc) is 2.45. The van der Waals surface area contributed by atoms with Crippen molar-refractivity contribution in [3.05, 3.63) is 12.2 Å². The molecule has 0 aromatic rings. The van der Waals surface area contributed by atoms with Gasteiger partial charge in [-0.1, -0.05) is 47.0 Å². The highest BCUT2D eigenvalue weighted by atomic mass is 35.6. The van der Waals surface area contributed by atoms with Gasteiger partial charge in [0.25, 0.3) is 0 Å². The number of alkyl halides is 3. The van der Waals surface area contributed by atoms with E-state index in [-0.39, 0.29) is 6.54 Å². The van der Waals surface area contributed by atoms with Crippen LogP contribution in [0.3, 0.4) is 0 Å². The van der Waals surface area contributed by atoms with Crippen molar-refractivity contribution in [1.29, 1.82) is 0 Å². The first-order chi connectivity index (χ1) is 6.81. The predicted octanol–water partition coefficient (Wildman–Crippen LogP) is 2.03. The summed E-state index contributed by atoms with van der Waals surface area (Å²) in [7, 11) is 0. The van der Waals surface area contributed by atoms with Crippen molar-refractivity contribution in [3.63, 3.8) is 0 Å². The fraction of sp³-hybridized carbons (Fsp3) is 0.625. The molecule has 2 N–H and O–H groups in total. The van der Waals surface area contributed by atoms with E-state index in [2.05, 4.69) is 0 Å². The molecule has 0 radical (unpaired) electrons. The maximum Gasteiger partial charge on any atom is 0.408 e. The standard InChI is InChI=1S/C8H10Cl3NO3/c9-8(10,11)4-12(7(14)15)5-2-1-3-6(5)13/h1-2,5-6,13H,3-4H2,(H,14,15)/t5-,6-/m1/s1. The smallest absolute Gasteiger partial charge is 0.408 e. The second-order valence-corrected chi connectivity index (χ2v) is 5.76. The highest BCUT2D eigenvalue weighted by Crippen LogP contribution is 2.29. The van der Waals surface area contributed by atoms with Crippen LogP contribution in [0.1, 0.15) is 6.42 Å². The van der Waals surface area contributed by atoms with Gasteiger partial charge in [0, 0.05) is 0 Å². The first-order valence-corrected chi connectivity index (χ1v) is 5.35. The van der Waals surface area contributed by atoms with Gasteiger partial charge in [-0.15, -0.1) is 0 Å². The first kappa shape index (κ1) is 12.9. The zero-order valence-electron chi connectivity index (χ0n) is 7.61. The van der Waals surface area contributed by atoms with Crippen LogP contribution in [-0.4, -0.2) is 43.7 Å². The molecule has 0 aromatic carbocycles. The number of nitrogens with zero attached hydrogens (tertiary/aromatic N) is 1. The molecule has 86 valence electrons. The van der Waals surface area contributed by atoms with Gasteiger partial charge < -0.3 is 10.2 Å². The van der Waals surface area contributed by atoms with Gasteiger partial charge in [0.05, 0.1) is 18.7 Å². The largest absolute Gasteiger partial charge is 0.465 e. The Kier molecular flexibility index (Phi) is 4.12. The molecule has 1 aliphatic carbocycles. The molecule has 4 nitrogen and oxygen atoms in total. The summed E-state index contributed by atoms with van der Waals surface area (Å²) in [5.41, 5.74) is 0. The van der Waals surface area contributed by atoms with Crippen LogP contribution in [-0.2, 0) is 0 Å². The monoisotopic (exact) mass is 273 g/mol. The Hall–Kier alpha value is -0.160. The highest BCUT2D eigenvalue weighted by Gasteiger charge is 2.35. The third-order valence-electron chi connectivity index (χ3n) is 2.06. The van der Waals surface area contributed by atoms with Gasteiger partial charge in [-0.25, -0.2) is 4.79 Å². The Balaban J connectivity index is 2.74. The molecule has 0 aliphatic heterocycles. The van der Waals surface area contributed by atoms with Crippen LogP contribution >= 0.6 is 34.8 Å². The minimum absolute atomic E-state index is 0.279. The number of carbonyl (C=O) groups is 1. The van der Waals surface area contributed by atoms with Crippen LogP contribution in [0, 0.1) is 0 Å². The SMILES string of the molecule is O=C(O)N(CC(Cl)(Cl)Cl)[C@@H]1C=CC[C@H]1O. The minimum atomic E-state index is -1.69. The molecule has 0 spiro atoms. The van der Waals surface area contributed by atoms with Gasteiger partial charge >= 0.3 is 6.09 Å². The zero-order valence-corrected chi connectivity index (χ0v) is 9.88. The lowest BCUT2D eigenvalue weighted by Gasteiger charge is -2.30. The average molecular weight is 275 g/mol. The molecule has 0 fully saturated rings. The van der Waals surface area contributed by atoms with Crippen molar-refractivity contribution in [2.75, 3.05) is 6.54 Å². The summed E-state index contributed by atoms with van der Waals surface area (Å²) in [6.07, 6.45) is 1.71. The second-order valence-electron chi connectivity index (χ2n) is 3.25. The summed E-state index contributed by atoms with van der Waals surface area (Å²) < 4.78 is -1.69. The minimum Gasteiger partial charge on any atom is -0.465 e. The normalized spacial score (nSPS) is 25.6. The van der Waals surface area contributed by atoms with Crippen molar-refractivity contribution >= 4 is 40.9 Å². The molecule has 1 amide bonds. The zero-order chi connectivity index (χ0) is 11.6. The Morgan fingerprint density at radius 3 is 2.47 bits per heavy atom. The topological polar surface area (TPSA) is 60.8 Å². The van der Waals surface area contributed by atoms with E-state index in [1.54, 1.807) is 12.2 Å². The van der Waals surface area contributed by atoms with Gasteiger partial charge in [-0.2, -0.15) is 0 Å². The van der Waals surface area contributed by atoms with E-state index in [1.807, 2.05) is 0 Å². The quantitative estimate of drug-likeness (QED) is 0.598. The van der Waals surface area contributed by atoms with E-state index in [1.165, 1.54) is 0 Å². The van der Waals surface area contributed by atoms with Gasteiger partial charge in [0.2, 0.25) is 3.79 Å². The number of amides is 1. The lowest BCUT2D eigenvalue weighted by atomic mass is 10.2. The van der Waals surface area contributed by atoms with Crippen LogP contribution in [0.25, 0.3) is 0 Å². The lowest BCUT2D eigenvalue weighted by Crippen LogP contribution is -2.47. The number of carboxylic acid groups (broad SMARTS) is 1. The Morgan fingerprint density at radius 2 is 2.13 bits per heavy atom. The molecule has 0 aromatic heterocycles. The molecule has 2 atom stereocenters. The van der Waals surface area contributed by atoms with Gasteiger partial charge in [0.15, 0.2) is 0 Å². The number of aliphatic hydroxyl groups excluding tert-OH is 1. The van der Waals surface area contributed by atoms with Crippen LogP contribution in [0.4, 0.5) is 4.79 Å². The summed E-state index contributed by atoms with van der Waals surface area (Å²) in [4.78, 5) is 11.8. The molecule has 0 unspecified atom stereocenters. The molecule has 15 heavy (non-hydrogen) atoms. The molecule has 0 bridgehead atoms. The van der Waals surface area contributed by atoms with Crippen molar-refractivity contribution in [2.24, 2.45) is 0 Å². The van der Waals surface area contributed by atoms with Crippen molar-refractivity contribution < 1.29 is 15.0 Å². The molecular weight excluding hydrogens is 264 g/mol. The van der Waals surface area contributed by atoms with Gasteiger partial charge in [0.1, 0.15) is 0 Å². The predicted molar refractivity (Wildman–Crippen MR) is 58.6 cm³/mol. The third kappa shape index (κ3) is 3.72. The van der Waals surface area contributed by atoms with E-state index in [0.29, 0.717) is 6.42 Å². The first-order valence-electron chi connectivity index (χ1n) is 4.22. The number of aliphatic hydroxyl groups is 1. The number of rotatable bonds is 2. The van der Waals surface area contributed by atoms with Crippen LogP contribution in [0.5, 0.6) is 0 Å². The van der Waals surface area contributed by atoms with Crippen LogP contribution < -0.4 is 0 Å². The fourth-order valence-corrected chi connectivity index (χ4v) is 1.82. The number of halogens is 3. The lowest BCUT2D eigenvalue weighted by molar-refractivity contribution is 0.0768. The molecular formula is C8H10Cl3NO3. The summed E-state index contributed by atoms with van der Waals surface area (Å²) in [6, 6.07) is -0.641. The Bertz CT molecular complexity index is 277. The second kappa shape index (κ2) is 4.78. The Labute approximate surface area is 102 Å². The number of hydrogen-bond donors (Lipinski definition) is 2. The van der Waals surface area contributed by atoms with Crippen LogP contribution in [0.15, 0.2) is 12.2 Å². The maximum atomic E-state index is 10.9. The number of hydrogen-bond acceptors (Lipinski definition) is 2. The van der Waals surface area contributed by atoms with Crippen molar-refractivity contribution in [3.8, 4) is 0 Å². The molecule has 1 aliphatic rings. The summed E-state index contributed by atoms with van der Waals surface area (Å²) >= 11 is 16.6. The summed E-state index contributed by atoms with van der Waals surface area (Å²) in [6.45, 7) is -0.279. The molecule has 0 saturated carbocycles. The van der Waals surface area contributed by atoms with Gasteiger partial charge in [-0.3, -0.25) is 4.90 Å². The van der Waals surface area contributed by atoms with Crippen molar-refractivity contribution in [2.45, 2.75) is 22.4 Å². The third-order valence-corrected chi connectivity index (χ3v) is 2.42. The Morgan fingerprint density at radius 1 is 1.53 bits per heavy atom.